The number of alkyl halides is 3. The van der Waals surface area contributed by atoms with Gasteiger partial charge >= 0.3 is 6.18 Å². The van der Waals surface area contributed by atoms with E-state index in [0.717, 1.165) is 31.0 Å². The van der Waals surface area contributed by atoms with Crippen LogP contribution in [-0.4, -0.2) is 20.1 Å². The lowest BCUT2D eigenvalue weighted by Crippen LogP contribution is -2.42. The maximum absolute atomic E-state index is 12.8. The summed E-state index contributed by atoms with van der Waals surface area (Å²) in [4.78, 5) is 0.161. The second-order valence-corrected chi connectivity index (χ2v) is 8.74. The lowest BCUT2D eigenvalue weighted by molar-refractivity contribution is -0.137. The zero-order valence-electron chi connectivity index (χ0n) is 13.0. The summed E-state index contributed by atoms with van der Waals surface area (Å²) < 4.78 is 65.4. The minimum absolute atomic E-state index is 0.0599. The number of sulfonamides is 1. The predicted molar refractivity (Wildman–Crippen MR) is 87.6 cm³/mol. The number of nitrogens with one attached hydrogen (secondary N) is 1. The molecule has 25 heavy (non-hydrogen) atoms. The summed E-state index contributed by atoms with van der Waals surface area (Å²) in [5, 5.41) is 12.7. The van der Waals surface area contributed by atoms with E-state index in [1.807, 2.05) is 0 Å². The summed E-state index contributed by atoms with van der Waals surface area (Å²) in [6, 6.07) is 7.02. The SMILES string of the molecule is O=S(=O)(NCC(O)(c1cccs1)C1CC1)c1cccc(C(F)(F)F)c1. The fourth-order valence-corrected chi connectivity index (χ4v) is 4.67. The number of aliphatic hydroxyl groups is 1. The molecule has 1 fully saturated rings. The van der Waals surface area contributed by atoms with E-state index in [4.69, 9.17) is 0 Å². The Labute approximate surface area is 147 Å². The van der Waals surface area contributed by atoms with Crippen LogP contribution in [0.4, 0.5) is 13.2 Å². The Balaban J connectivity index is 1.82. The van der Waals surface area contributed by atoms with Crippen molar-refractivity contribution in [1.29, 1.82) is 0 Å². The standard InChI is InChI=1S/C16H16F3NO3S2/c17-16(18,19)12-3-1-4-13(9-12)25(22,23)20-10-15(21,11-6-7-11)14-5-2-8-24-14/h1-5,8-9,11,20-21H,6-7,10H2. The van der Waals surface area contributed by atoms with Crippen molar-refractivity contribution < 1.29 is 26.7 Å². The number of halogens is 3. The van der Waals surface area contributed by atoms with E-state index in [-0.39, 0.29) is 12.5 Å². The zero-order chi connectivity index (χ0) is 18.3. The molecule has 0 amide bonds. The molecule has 0 radical (unpaired) electrons. The Hall–Kier alpha value is -1.42. The fourth-order valence-electron chi connectivity index (χ4n) is 2.65. The molecule has 0 aliphatic heterocycles. The van der Waals surface area contributed by atoms with Gasteiger partial charge in [-0.3, -0.25) is 0 Å². The Morgan fingerprint density at radius 3 is 2.48 bits per heavy atom. The van der Waals surface area contributed by atoms with Crippen LogP contribution in [-0.2, 0) is 21.8 Å². The van der Waals surface area contributed by atoms with Crippen LogP contribution in [0.3, 0.4) is 0 Å². The molecule has 1 aliphatic carbocycles. The molecule has 9 heteroatoms. The van der Waals surface area contributed by atoms with Gasteiger partial charge in [0.2, 0.25) is 10.0 Å². The third-order valence-electron chi connectivity index (χ3n) is 4.20. The van der Waals surface area contributed by atoms with Crippen molar-refractivity contribution in [1.82, 2.24) is 4.72 Å². The largest absolute Gasteiger partial charge is 0.416 e. The van der Waals surface area contributed by atoms with Crippen LogP contribution >= 0.6 is 11.3 Å². The summed E-state index contributed by atoms with van der Waals surface area (Å²) in [6.45, 7) is -0.281. The highest BCUT2D eigenvalue weighted by molar-refractivity contribution is 7.89. The molecule has 1 unspecified atom stereocenters. The van der Waals surface area contributed by atoms with Crippen LogP contribution < -0.4 is 4.72 Å². The lowest BCUT2D eigenvalue weighted by Gasteiger charge is -2.27. The van der Waals surface area contributed by atoms with E-state index in [1.54, 1.807) is 17.5 Å². The first-order valence-electron chi connectivity index (χ1n) is 7.56. The third-order valence-corrected chi connectivity index (χ3v) is 6.64. The minimum Gasteiger partial charge on any atom is -0.383 e. The highest BCUT2D eigenvalue weighted by atomic mass is 32.2. The molecule has 1 aromatic carbocycles. The molecule has 1 aliphatic rings. The topological polar surface area (TPSA) is 66.4 Å². The van der Waals surface area contributed by atoms with Crippen molar-refractivity contribution in [2.75, 3.05) is 6.54 Å². The van der Waals surface area contributed by atoms with Crippen LogP contribution in [0.2, 0.25) is 0 Å². The molecule has 2 N–H and O–H groups in total. The molecule has 1 heterocycles. The van der Waals surface area contributed by atoms with Crippen LogP contribution in [0.25, 0.3) is 0 Å². The van der Waals surface area contributed by atoms with Crippen molar-refractivity contribution in [2.45, 2.75) is 29.5 Å². The molecule has 1 aromatic heterocycles. The predicted octanol–water partition coefficient (Wildman–Crippen LogP) is 3.34. The first kappa shape index (κ1) is 18.4. The average molecular weight is 391 g/mol. The van der Waals surface area contributed by atoms with E-state index in [1.165, 1.54) is 11.3 Å². The Morgan fingerprint density at radius 1 is 1.20 bits per heavy atom. The van der Waals surface area contributed by atoms with Crippen LogP contribution in [0.1, 0.15) is 23.3 Å². The van der Waals surface area contributed by atoms with Crippen LogP contribution in [0, 0.1) is 5.92 Å². The van der Waals surface area contributed by atoms with Gasteiger partial charge in [0.25, 0.3) is 0 Å². The van der Waals surface area contributed by atoms with Gasteiger partial charge in [0, 0.05) is 11.4 Å². The van der Waals surface area contributed by atoms with Crippen molar-refractivity contribution in [3.05, 3.63) is 52.2 Å². The zero-order valence-corrected chi connectivity index (χ0v) is 14.6. The number of rotatable bonds is 6. The van der Waals surface area contributed by atoms with Gasteiger partial charge in [-0.15, -0.1) is 11.3 Å². The molecule has 0 bridgehead atoms. The fraction of sp³-hybridized carbons (Fsp3) is 0.375. The maximum Gasteiger partial charge on any atom is 0.416 e. The summed E-state index contributed by atoms with van der Waals surface area (Å²) in [5.74, 6) is -0.0599. The molecule has 2 aromatic rings. The van der Waals surface area contributed by atoms with Gasteiger partial charge in [0.1, 0.15) is 5.60 Å². The molecule has 1 atom stereocenters. The van der Waals surface area contributed by atoms with Crippen molar-refractivity contribution in [2.24, 2.45) is 5.92 Å². The molecular formula is C16H16F3NO3S2. The first-order chi connectivity index (χ1) is 11.6. The number of hydrogen-bond donors (Lipinski definition) is 2. The first-order valence-corrected chi connectivity index (χ1v) is 9.92. The van der Waals surface area contributed by atoms with Crippen LogP contribution in [0.15, 0.2) is 46.7 Å². The second-order valence-electron chi connectivity index (χ2n) is 6.03. The number of thiophene rings is 1. The maximum atomic E-state index is 12.8. The minimum atomic E-state index is -4.63. The monoisotopic (exact) mass is 391 g/mol. The Bertz CT molecular complexity index is 846. The van der Waals surface area contributed by atoms with Crippen molar-refractivity contribution in [3.8, 4) is 0 Å². The van der Waals surface area contributed by atoms with E-state index in [9.17, 15) is 26.7 Å². The summed E-state index contributed by atoms with van der Waals surface area (Å²) >= 11 is 1.32. The quantitative estimate of drug-likeness (QED) is 0.794. The van der Waals surface area contributed by atoms with Gasteiger partial charge < -0.3 is 5.11 Å². The van der Waals surface area contributed by atoms with Crippen LogP contribution in [0.5, 0.6) is 0 Å². The highest BCUT2D eigenvalue weighted by Gasteiger charge is 2.46. The molecule has 136 valence electrons. The Kier molecular flexibility index (Phi) is 4.69. The van der Waals surface area contributed by atoms with E-state index < -0.39 is 32.3 Å². The van der Waals surface area contributed by atoms with E-state index >= 15 is 0 Å². The summed E-state index contributed by atoms with van der Waals surface area (Å²) in [6.07, 6.45) is -3.07. The lowest BCUT2D eigenvalue weighted by atomic mass is 9.96. The third kappa shape index (κ3) is 3.89. The molecule has 1 saturated carbocycles. The summed E-state index contributed by atoms with van der Waals surface area (Å²) in [7, 11) is -4.18. The molecule has 4 nitrogen and oxygen atoms in total. The van der Waals surface area contributed by atoms with Gasteiger partial charge in [0.05, 0.1) is 10.5 Å². The second kappa shape index (κ2) is 6.39. The van der Waals surface area contributed by atoms with Crippen molar-refractivity contribution in [3.63, 3.8) is 0 Å². The van der Waals surface area contributed by atoms with Gasteiger partial charge in [-0.1, -0.05) is 12.1 Å². The van der Waals surface area contributed by atoms with Gasteiger partial charge in [-0.25, -0.2) is 13.1 Å². The van der Waals surface area contributed by atoms with E-state index in [2.05, 4.69) is 4.72 Å². The number of hydrogen-bond acceptors (Lipinski definition) is 4. The van der Waals surface area contributed by atoms with Gasteiger partial charge in [0.15, 0.2) is 0 Å². The normalized spacial score (nSPS) is 18.1. The smallest absolute Gasteiger partial charge is 0.383 e. The number of benzene rings is 1. The summed E-state index contributed by atoms with van der Waals surface area (Å²) in [5.41, 5.74) is -2.38. The molecule has 0 saturated heterocycles. The van der Waals surface area contributed by atoms with Gasteiger partial charge in [-0.05, 0) is 48.4 Å². The molecule has 3 rings (SSSR count). The van der Waals surface area contributed by atoms with E-state index in [0.29, 0.717) is 10.9 Å². The average Bonchev–Trinajstić information content (AvgIpc) is 3.27. The van der Waals surface area contributed by atoms with Gasteiger partial charge in [-0.2, -0.15) is 13.2 Å². The molecular weight excluding hydrogens is 375 g/mol. The highest BCUT2D eigenvalue weighted by Crippen LogP contribution is 2.46. The molecule has 0 spiro atoms. The Morgan fingerprint density at radius 2 is 1.92 bits per heavy atom. The van der Waals surface area contributed by atoms with Crippen molar-refractivity contribution >= 4 is 21.4 Å².